The molecule has 0 unspecified atom stereocenters. The minimum atomic E-state index is -3.25. The van der Waals surface area contributed by atoms with Gasteiger partial charge >= 0.3 is 5.97 Å². The first-order valence-corrected chi connectivity index (χ1v) is 8.19. The van der Waals surface area contributed by atoms with Gasteiger partial charge in [0.05, 0.1) is 11.7 Å². The van der Waals surface area contributed by atoms with E-state index in [2.05, 4.69) is 4.72 Å². The van der Waals surface area contributed by atoms with Crippen molar-refractivity contribution < 1.29 is 18.3 Å². The van der Waals surface area contributed by atoms with Gasteiger partial charge in [-0.3, -0.25) is 4.79 Å². The van der Waals surface area contributed by atoms with Crippen LogP contribution in [0.4, 0.5) is 0 Å². The summed E-state index contributed by atoms with van der Waals surface area (Å²) in [4.78, 5) is 10.8. The second-order valence-electron chi connectivity index (χ2n) is 5.70. The quantitative estimate of drug-likeness (QED) is 0.769. The van der Waals surface area contributed by atoms with Gasteiger partial charge in [0.2, 0.25) is 10.0 Å². The first kappa shape index (κ1) is 13.8. The van der Waals surface area contributed by atoms with Gasteiger partial charge < -0.3 is 5.11 Å². The van der Waals surface area contributed by atoms with Crippen molar-refractivity contribution in [2.24, 2.45) is 5.41 Å². The van der Waals surface area contributed by atoms with E-state index in [4.69, 9.17) is 5.11 Å². The molecular weight excluding hydrogens is 254 g/mol. The van der Waals surface area contributed by atoms with Gasteiger partial charge in [0.15, 0.2) is 0 Å². The van der Waals surface area contributed by atoms with Crippen LogP contribution < -0.4 is 4.72 Å². The molecule has 2 aliphatic rings. The molecule has 0 bridgehead atoms. The third-order valence-corrected chi connectivity index (χ3v) is 6.23. The standard InChI is InChI=1S/C12H21NO4S/c14-11(15)8-12(6-3-7-12)9-13-18(16,17)10-4-1-2-5-10/h10,13H,1-9H2,(H,14,15). The van der Waals surface area contributed by atoms with E-state index in [1.165, 1.54) is 0 Å². The van der Waals surface area contributed by atoms with Gasteiger partial charge in [-0.25, -0.2) is 13.1 Å². The van der Waals surface area contributed by atoms with E-state index < -0.39 is 16.0 Å². The summed E-state index contributed by atoms with van der Waals surface area (Å²) in [5.41, 5.74) is -0.336. The van der Waals surface area contributed by atoms with Gasteiger partial charge in [-0.2, -0.15) is 0 Å². The van der Waals surface area contributed by atoms with Gasteiger partial charge in [-0.1, -0.05) is 19.3 Å². The van der Waals surface area contributed by atoms with Gasteiger partial charge in [0.25, 0.3) is 0 Å². The van der Waals surface area contributed by atoms with Crippen LogP contribution in [0.15, 0.2) is 0 Å². The molecular formula is C12H21NO4S. The van der Waals surface area contributed by atoms with Crippen LogP contribution in [0, 0.1) is 5.41 Å². The predicted molar refractivity (Wildman–Crippen MR) is 67.7 cm³/mol. The zero-order valence-corrected chi connectivity index (χ0v) is 11.3. The molecule has 0 heterocycles. The number of nitrogens with one attached hydrogen (secondary N) is 1. The monoisotopic (exact) mass is 275 g/mol. The highest BCUT2D eigenvalue weighted by molar-refractivity contribution is 7.90. The molecule has 0 atom stereocenters. The van der Waals surface area contributed by atoms with Crippen molar-refractivity contribution in [3.63, 3.8) is 0 Å². The molecule has 0 spiro atoms. The molecule has 104 valence electrons. The minimum absolute atomic E-state index is 0.0696. The third kappa shape index (κ3) is 3.03. The molecule has 2 rings (SSSR count). The molecule has 0 radical (unpaired) electrons. The summed E-state index contributed by atoms with van der Waals surface area (Å²) in [6.07, 6.45) is 6.12. The van der Waals surface area contributed by atoms with Gasteiger partial charge in [-0.05, 0) is 31.1 Å². The van der Waals surface area contributed by atoms with E-state index in [-0.39, 0.29) is 23.6 Å². The predicted octanol–water partition coefficient (Wildman–Crippen LogP) is 1.49. The number of carboxylic acids is 1. The second kappa shape index (κ2) is 5.17. The zero-order valence-electron chi connectivity index (χ0n) is 10.5. The summed E-state index contributed by atoms with van der Waals surface area (Å²) < 4.78 is 26.8. The largest absolute Gasteiger partial charge is 0.481 e. The molecule has 2 saturated carbocycles. The van der Waals surface area contributed by atoms with E-state index in [1.54, 1.807) is 0 Å². The highest BCUT2D eigenvalue weighted by atomic mass is 32.2. The molecule has 0 aliphatic heterocycles. The summed E-state index contributed by atoms with van der Waals surface area (Å²) in [6, 6.07) is 0. The first-order valence-electron chi connectivity index (χ1n) is 6.64. The SMILES string of the molecule is O=C(O)CC1(CNS(=O)(=O)C2CCCC2)CCC1. The Balaban J connectivity index is 1.91. The fourth-order valence-corrected chi connectivity index (χ4v) is 4.68. The van der Waals surface area contributed by atoms with Crippen molar-refractivity contribution in [1.29, 1.82) is 0 Å². The van der Waals surface area contributed by atoms with E-state index in [0.29, 0.717) is 0 Å². The molecule has 0 saturated heterocycles. The lowest BCUT2D eigenvalue weighted by Crippen LogP contribution is -2.45. The number of aliphatic carboxylic acids is 1. The van der Waals surface area contributed by atoms with Crippen molar-refractivity contribution in [3.05, 3.63) is 0 Å². The lowest BCUT2D eigenvalue weighted by Gasteiger charge is -2.41. The molecule has 0 aromatic rings. The number of hydrogen-bond acceptors (Lipinski definition) is 3. The van der Waals surface area contributed by atoms with Crippen LogP contribution in [0.5, 0.6) is 0 Å². The Morgan fingerprint density at radius 3 is 2.28 bits per heavy atom. The molecule has 2 fully saturated rings. The minimum Gasteiger partial charge on any atom is -0.481 e. The maximum atomic E-state index is 12.0. The van der Waals surface area contributed by atoms with Crippen molar-refractivity contribution >= 4 is 16.0 Å². The first-order chi connectivity index (χ1) is 8.44. The summed E-state index contributed by atoms with van der Waals surface area (Å²) in [5, 5.41) is 8.61. The Hall–Kier alpha value is -0.620. The van der Waals surface area contributed by atoms with Crippen LogP contribution >= 0.6 is 0 Å². The van der Waals surface area contributed by atoms with Crippen molar-refractivity contribution in [2.45, 2.75) is 56.6 Å². The van der Waals surface area contributed by atoms with Crippen LogP contribution in [0.25, 0.3) is 0 Å². The highest BCUT2D eigenvalue weighted by Gasteiger charge is 2.40. The molecule has 0 aromatic carbocycles. The van der Waals surface area contributed by atoms with Crippen LogP contribution in [0.2, 0.25) is 0 Å². The average Bonchev–Trinajstić information content (AvgIpc) is 2.75. The van der Waals surface area contributed by atoms with Crippen LogP contribution in [-0.2, 0) is 14.8 Å². The number of carboxylic acid groups (broad SMARTS) is 1. The Bertz CT molecular complexity index is 408. The van der Waals surface area contributed by atoms with Gasteiger partial charge in [0.1, 0.15) is 0 Å². The molecule has 0 aromatic heterocycles. The second-order valence-corrected chi connectivity index (χ2v) is 7.74. The number of rotatable bonds is 6. The molecule has 6 heteroatoms. The number of hydrogen-bond donors (Lipinski definition) is 2. The fraction of sp³-hybridized carbons (Fsp3) is 0.917. The van der Waals surface area contributed by atoms with E-state index in [9.17, 15) is 13.2 Å². The normalized spacial score (nSPS) is 23.8. The van der Waals surface area contributed by atoms with E-state index >= 15 is 0 Å². The maximum absolute atomic E-state index is 12.0. The Morgan fingerprint density at radius 2 is 1.83 bits per heavy atom. The zero-order chi connectivity index (χ0) is 13.2. The van der Waals surface area contributed by atoms with Crippen LogP contribution in [0.1, 0.15) is 51.4 Å². The maximum Gasteiger partial charge on any atom is 0.303 e. The molecule has 0 amide bonds. The van der Waals surface area contributed by atoms with Crippen molar-refractivity contribution in [2.75, 3.05) is 6.54 Å². The Kier molecular flexibility index (Phi) is 3.96. The summed E-state index contributed by atoms with van der Waals surface area (Å²) in [6.45, 7) is 0.290. The fourth-order valence-electron chi connectivity index (χ4n) is 2.98. The molecule has 5 nitrogen and oxygen atoms in total. The Morgan fingerprint density at radius 1 is 1.22 bits per heavy atom. The van der Waals surface area contributed by atoms with Gasteiger partial charge in [0, 0.05) is 6.54 Å². The molecule has 2 N–H and O–H groups in total. The number of carbonyl (C=O) groups is 1. The summed E-state index contributed by atoms with van der Waals surface area (Å²) in [7, 11) is -3.25. The van der Waals surface area contributed by atoms with E-state index in [0.717, 1.165) is 44.9 Å². The van der Waals surface area contributed by atoms with Crippen molar-refractivity contribution in [3.8, 4) is 0 Å². The van der Waals surface area contributed by atoms with Gasteiger partial charge in [-0.15, -0.1) is 0 Å². The topological polar surface area (TPSA) is 83.5 Å². The lowest BCUT2D eigenvalue weighted by atomic mass is 9.67. The molecule has 2 aliphatic carbocycles. The van der Waals surface area contributed by atoms with E-state index in [1.807, 2.05) is 0 Å². The van der Waals surface area contributed by atoms with Crippen molar-refractivity contribution in [1.82, 2.24) is 4.72 Å². The smallest absolute Gasteiger partial charge is 0.303 e. The van der Waals surface area contributed by atoms with Crippen LogP contribution in [-0.4, -0.2) is 31.3 Å². The number of sulfonamides is 1. The third-order valence-electron chi connectivity index (χ3n) is 4.33. The summed E-state index contributed by atoms with van der Waals surface area (Å²) in [5.74, 6) is -0.838. The summed E-state index contributed by atoms with van der Waals surface area (Å²) >= 11 is 0. The molecule has 18 heavy (non-hydrogen) atoms. The average molecular weight is 275 g/mol. The Labute approximate surface area is 108 Å². The van der Waals surface area contributed by atoms with Crippen LogP contribution in [0.3, 0.4) is 0 Å². The lowest BCUT2D eigenvalue weighted by molar-refractivity contribution is -0.141. The highest BCUT2D eigenvalue weighted by Crippen LogP contribution is 2.43.